The van der Waals surface area contributed by atoms with Gasteiger partial charge in [0.2, 0.25) is 5.91 Å². The second kappa shape index (κ2) is 6.03. The van der Waals surface area contributed by atoms with Gasteiger partial charge in [-0.25, -0.2) is 0 Å². The molecule has 1 heterocycles. The number of carbonyl (C=O) groups is 2. The molecule has 0 bridgehead atoms. The Balaban J connectivity index is 2.12. The van der Waals surface area contributed by atoms with Gasteiger partial charge in [0.25, 0.3) is 5.91 Å². The summed E-state index contributed by atoms with van der Waals surface area (Å²) in [4.78, 5) is 28.8. The molecule has 0 saturated carbocycles. The Morgan fingerprint density at radius 3 is 2.24 bits per heavy atom. The Bertz CT molecular complexity index is 549. The number of nitrogens with zero attached hydrogens (tertiary/aromatic N) is 3. The van der Waals surface area contributed by atoms with Crippen molar-refractivity contribution in [2.45, 2.75) is 6.92 Å². The van der Waals surface area contributed by atoms with Crippen molar-refractivity contribution in [1.82, 2.24) is 9.80 Å². The summed E-state index contributed by atoms with van der Waals surface area (Å²) in [6.07, 6.45) is 0. The van der Waals surface area contributed by atoms with Gasteiger partial charge in [-0.1, -0.05) is 0 Å². The first-order chi connectivity index (χ1) is 9.90. The number of nitrogen functional groups attached to an aromatic ring is 1. The molecule has 0 spiro atoms. The van der Waals surface area contributed by atoms with Crippen molar-refractivity contribution in [2.24, 2.45) is 0 Å². The van der Waals surface area contributed by atoms with Crippen LogP contribution in [0.25, 0.3) is 0 Å². The number of amides is 2. The quantitative estimate of drug-likeness (QED) is 0.812. The van der Waals surface area contributed by atoms with Gasteiger partial charge in [0.05, 0.1) is 11.4 Å². The molecule has 2 rings (SSSR count). The van der Waals surface area contributed by atoms with Gasteiger partial charge < -0.3 is 20.4 Å². The van der Waals surface area contributed by atoms with Crippen molar-refractivity contribution in [3.05, 3.63) is 23.8 Å². The van der Waals surface area contributed by atoms with E-state index in [9.17, 15) is 9.59 Å². The lowest BCUT2D eigenvalue weighted by Crippen LogP contribution is -2.48. The summed E-state index contributed by atoms with van der Waals surface area (Å²) >= 11 is 0. The minimum absolute atomic E-state index is 0.0605. The van der Waals surface area contributed by atoms with Gasteiger partial charge in [-0.15, -0.1) is 0 Å². The average molecular weight is 290 g/mol. The van der Waals surface area contributed by atoms with E-state index < -0.39 is 0 Å². The zero-order valence-corrected chi connectivity index (χ0v) is 12.8. The summed E-state index contributed by atoms with van der Waals surface area (Å²) in [7, 11) is 3.43. The Morgan fingerprint density at radius 2 is 1.76 bits per heavy atom. The van der Waals surface area contributed by atoms with Gasteiger partial charge in [-0.2, -0.15) is 0 Å². The van der Waals surface area contributed by atoms with Crippen molar-refractivity contribution in [1.29, 1.82) is 0 Å². The number of anilines is 2. The van der Waals surface area contributed by atoms with Crippen LogP contribution in [0.1, 0.15) is 17.3 Å². The fourth-order valence-corrected chi connectivity index (χ4v) is 2.50. The van der Waals surface area contributed by atoms with Crippen molar-refractivity contribution in [3.8, 4) is 0 Å². The molecule has 1 aromatic rings. The maximum absolute atomic E-state index is 11.9. The number of piperazine rings is 1. The highest BCUT2D eigenvalue weighted by atomic mass is 16.2. The highest BCUT2D eigenvalue weighted by molar-refractivity contribution is 5.95. The summed E-state index contributed by atoms with van der Waals surface area (Å²) < 4.78 is 0. The van der Waals surface area contributed by atoms with Crippen molar-refractivity contribution in [3.63, 3.8) is 0 Å². The van der Waals surface area contributed by atoms with E-state index in [0.717, 1.165) is 18.8 Å². The first-order valence-corrected chi connectivity index (χ1v) is 7.02. The first kappa shape index (κ1) is 15.2. The summed E-state index contributed by atoms with van der Waals surface area (Å²) in [6.45, 7) is 4.50. The molecule has 1 saturated heterocycles. The van der Waals surface area contributed by atoms with E-state index in [1.807, 2.05) is 11.0 Å². The highest BCUT2D eigenvalue weighted by Crippen LogP contribution is 2.26. The van der Waals surface area contributed by atoms with Gasteiger partial charge >= 0.3 is 0 Å². The molecule has 0 atom stereocenters. The third-order valence-electron chi connectivity index (χ3n) is 3.75. The number of hydrogen-bond donors (Lipinski definition) is 1. The van der Waals surface area contributed by atoms with Gasteiger partial charge in [-0.05, 0) is 18.2 Å². The summed E-state index contributed by atoms with van der Waals surface area (Å²) in [5.41, 5.74) is 8.20. The Kier molecular flexibility index (Phi) is 4.35. The molecule has 6 nitrogen and oxygen atoms in total. The Labute approximate surface area is 125 Å². The van der Waals surface area contributed by atoms with E-state index in [2.05, 4.69) is 4.90 Å². The van der Waals surface area contributed by atoms with Crippen LogP contribution in [0.15, 0.2) is 18.2 Å². The van der Waals surface area contributed by atoms with E-state index in [1.54, 1.807) is 33.2 Å². The third kappa shape index (κ3) is 3.26. The van der Waals surface area contributed by atoms with Crippen LogP contribution in [0.4, 0.5) is 11.4 Å². The fourth-order valence-electron chi connectivity index (χ4n) is 2.50. The van der Waals surface area contributed by atoms with Crippen molar-refractivity contribution < 1.29 is 9.59 Å². The van der Waals surface area contributed by atoms with Crippen LogP contribution in [0.2, 0.25) is 0 Å². The summed E-state index contributed by atoms with van der Waals surface area (Å²) in [5.74, 6) is 0.0456. The molecule has 1 aliphatic heterocycles. The summed E-state index contributed by atoms with van der Waals surface area (Å²) in [6, 6.07) is 5.40. The minimum Gasteiger partial charge on any atom is -0.397 e. The molecule has 1 aliphatic rings. The van der Waals surface area contributed by atoms with Gasteiger partial charge in [-0.3, -0.25) is 9.59 Å². The van der Waals surface area contributed by atoms with Gasteiger partial charge in [0.15, 0.2) is 0 Å². The fraction of sp³-hybridized carbons (Fsp3) is 0.467. The van der Waals surface area contributed by atoms with E-state index >= 15 is 0 Å². The van der Waals surface area contributed by atoms with Crippen molar-refractivity contribution >= 4 is 23.2 Å². The number of nitrogens with two attached hydrogens (primary N) is 1. The molecule has 6 heteroatoms. The molecule has 2 N–H and O–H groups in total. The Hall–Kier alpha value is -2.24. The second-order valence-corrected chi connectivity index (χ2v) is 5.47. The van der Waals surface area contributed by atoms with E-state index in [-0.39, 0.29) is 11.8 Å². The van der Waals surface area contributed by atoms with Crippen LogP contribution >= 0.6 is 0 Å². The topological polar surface area (TPSA) is 69.9 Å². The predicted molar refractivity (Wildman–Crippen MR) is 83.3 cm³/mol. The first-order valence-electron chi connectivity index (χ1n) is 7.02. The van der Waals surface area contributed by atoms with Crippen LogP contribution in [-0.2, 0) is 4.79 Å². The lowest BCUT2D eigenvalue weighted by atomic mass is 10.1. The van der Waals surface area contributed by atoms with Gasteiger partial charge in [0.1, 0.15) is 0 Å². The Morgan fingerprint density at radius 1 is 1.14 bits per heavy atom. The normalized spacial score (nSPS) is 15.0. The molecule has 0 aliphatic carbocycles. The van der Waals surface area contributed by atoms with Crippen molar-refractivity contribution in [2.75, 3.05) is 50.9 Å². The lowest BCUT2D eigenvalue weighted by molar-refractivity contribution is -0.129. The minimum atomic E-state index is -0.0605. The van der Waals surface area contributed by atoms with E-state index in [0.29, 0.717) is 24.3 Å². The molecule has 21 heavy (non-hydrogen) atoms. The highest BCUT2D eigenvalue weighted by Gasteiger charge is 2.20. The van der Waals surface area contributed by atoms with Crippen LogP contribution in [0.5, 0.6) is 0 Å². The zero-order valence-electron chi connectivity index (χ0n) is 12.8. The monoisotopic (exact) mass is 290 g/mol. The molecule has 0 unspecified atom stereocenters. The van der Waals surface area contributed by atoms with E-state index in [1.165, 1.54) is 4.90 Å². The van der Waals surface area contributed by atoms with Gasteiger partial charge in [0, 0.05) is 52.8 Å². The molecule has 1 fully saturated rings. The van der Waals surface area contributed by atoms with Crippen LogP contribution in [0.3, 0.4) is 0 Å². The molecule has 0 aromatic heterocycles. The lowest BCUT2D eigenvalue weighted by Gasteiger charge is -2.36. The van der Waals surface area contributed by atoms with Crippen LogP contribution in [0, 0.1) is 0 Å². The standard InChI is InChI=1S/C15H22N4O2/c1-11(20)18-6-8-19(9-7-18)14-5-4-12(10-13(14)16)15(21)17(2)3/h4-5,10H,6-9,16H2,1-3H3. The largest absolute Gasteiger partial charge is 0.397 e. The number of rotatable bonds is 2. The smallest absolute Gasteiger partial charge is 0.253 e. The average Bonchev–Trinajstić information content (AvgIpc) is 2.46. The molecule has 114 valence electrons. The molecule has 0 radical (unpaired) electrons. The second-order valence-electron chi connectivity index (χ2n) is 5.47. The maximum atomic E-state index is 11.9. The summed E-state index contributed by atoms with van der Waals surface area (Å²) in [5, 5.41) is 0. The van der Waals surface area contributed by atoms with Crippen LogP contribution < -0.4 is 10.6 Å². The van der Waals surface area contributed by atoms with Crippen LogP contribution in [-0.4, -0.2) is 61.9 Å². The van der Waals surface area contributed by atoms with E-state index in [4.69, 9.17) is 5.73 Å². The molecular weight excluding hydrogens is 268 g/mol. The third-order valence-corrected chi connectivity index (χ3v) is 3.75. The predicted octanol–water partition coefficient (Wildman–Crippen LogP) is 0.639. The SMILES string of the molecule is CC(=O)N1CCN(c2ccc(C(=O)N(C)C)cc2N)CC1. The number of hydrogen-bond acceptors (Lipinski definition) is 4. The zero-order chi connectivity index (χ0) is 15.6. The molecule has 1 aromatic carbocycles. The molecular formula is C15H22N4O2. The number of carbonyl (C=O) groups excluding carboxylic acids is 2. The number of benzene rings is 1. The molecule has 2 amide bonds. The maximum Gasteiger partial charge on any atom is 0.253 e.